The van der Waals surface area contributed by atoms with Gasteiger partial charge in [0, 0.05) is 39.5 Å². The maximum absolute atomic E-state index is 12.3. The monoisotopic (exact) mass is 262 g/mol. The van der Waals surface area contributed by atoms with Crippen molar-refractivity contribution in [3.05, 3.63) is 29.8 Å². The van der Waals surface area contributed by atoms with Crippen molar-refractivity contribution in [2.24, 2.45) is 5.92 Å². The number of hydrogen-bond donors (Lipinski definition) is 1. The van der Waals surface area contributed by atoms with E-state index in [2.05, 4.69) is 17.4 Å². The average molecular weight is 262 g/mol. The van der Waals surface area contributed by atoms with E-state index in [1.54, 1.807) is 7.11 Å². The van der Waals surface area contributed by atoms with E-state index < -0.39 is 0 Å². The van der Waals surface area contributed by atoms with Crippen LogP contribution in [0.2, 0.25) is 0 Å². The summed E-state index contributed by atoms with van der Waals surface area (Å²) in [6, 6.07) is 8.20. The van der Waals surface area contributed by atoms with Gasteiger partial charge in [0.1, 0.15) is 0 Å². The van der Waals surface area contributed by atoms with Crippen LogP contribution in [0.1, 0.15) is 12.0 Å². The molecule has 104 valence electrons. The molecular formula is C15H22N2O2. The summed E-state index contributed by atoms with van der Waals surface area (Å²) in [5, 5.41) is 3.34. The fourth-order valence-corrected chi connectivity index (χ4v) is 2.48. The van der Waals surface area contributed by atoms with Crippen LogP contribution in [0.3, 0.4) is 0 Å². The van der Waals surface area contributed by atoms with Gasteiger partial charge in [-0.25, -0.2) is 0 Å². The summed E-state index contributed by atoms with van der Waals surface area (Å²) in [6.45, 7) is 2.18. The third kappa shape index (κ3) is 3.47. The minimum absolute atomic E-state index is 0.0439. The smallest absolute Gasteiger partial charge is 0.227 e. The topological polar surface area (TPSA) is 41.6 Å². The van der Waals surface area contributed by atoms with Gasteiger partial charge in [0.2, 0.25) is 5.91 Å². The molecule has 0 spiro atoms. The molecule has 0 fully saturated rings. The number of carbonyl (C=O) groups is 1. The Hall–Kier alpha value is -1.55. The Balaban J connectivity index is 1.91. The van der Waals surface area contributed by atoms with Crippen molar-refractivity contribution in [2.45, 2.75) is 12.8 Å². The largest absolute Gasteiger partial charge is 0.385 e. The highest BCUT2D eigenvalue weighted by molar-refractivity contribution is 5.80. The lowest BCUT2D eigenvalue weighted by molar-refractivity contribution is -0.134. The molecule has 1 aliphatic heterocycles. The van der Waals surface area contributed by atoms with Gasteiger partial charge < -0.3 is 15.0 Å². The molecule has 1 atom stereocenters. The SMILES string of the molecule is COCCCN(C)C(=O)C1CNc2ccccc2C1. The van der Waals surface area contributed by atoms with Crippen LogP contribution in [-0.4, -0.2) is 44.7 Å². The number of fused-ring (bicyclic) bond motifs is 1. The second kappa shape index (κ2) is 6.57. The highest BCUT2D eigenvalue weighted by atomic mass is 16.5. The maximum Gasteiger partial charge on any atom is 0.227 e. The predicted octanol–water partition coefficient (Wildman–Crippen LogP) is 1.77. The Labute approximate surface area is 114 Å². The van der Waals surface area contributed by atoms with Crippen LogP contribution in [0, 0.1) is 5.92 Å². The average Bonchev–Trinajstić information content (AvgIpc) is 2.46. The van der Waals surface area contributed by atoms with Gasteiger partial charge in [-0.2, -0.15) is 0 Å². The number of carbonyl (C=O) groups excluding carboxylic acids is 1. The minimum Gasteiger partial charge on any atom is -0.385 e. The fourth-order valence-electron chi connectivity index (χ4n) is 2.48. The van der Waals surface area contributed by atoms with Crippen molar-refractivity contribution >= 4 is 11.6 Å². The zero-order valence-electron chi connectivity index (χ0n) is 11.7. The number of ether oxygens (including phenoxy) is 1. The van der Waals surface area contributed by atoms with E-state index in [4.69, 9.17) is 4.74 Å². The summed E-state index contributed by atoms with van der Waals surface area (Å²) >= 11 is 0. The normalized spacial score (nSPS) is 17.5. The van der Waals surface area contributed by atoms with Crippen molar-refractivity contribution in [2.75, 3.05) is 39.2 Å². The Morgan fingerprint density at radius 1 is 1.47 bits per heavy atom. The molecule has 4 nitrogen and oxygen atoms in total. The molecule has 0 bridgehead atoms. The van der Waals surface area contributed by atoms with Crippen molar-refractivity contribution < 1.29 is 9.53 Å². The molecule has 1 aromatic rings. The van der Waals surface area contributed by atoms with Crippen LogP contribution in [0.15, 0.2) is 24.3 Å². The molecule has 1 N–H and O–H groups in total. The number of nitrogens with one attached hydrogen (secondary N) is 1. The van der Waals surface area contributed by atoms with Crippen molar-refractivity contribution in [3.63, 3.8) is 0 Å². The first-order chi connectivity index (χ1) is 9.22. The highest BCUT2D eigenvalue weighted by Crippen LogP contribution is 2.25. The van der Waals surface area contributed by atoms with Crippen LogP contribution < -0.4 is 5.32 Å². The molecule has 1 aliphatic rings. The number of benzene rings is 1. The first-order valence-corrected chi connectivity index (χ1v) is 6.78. The molecule has 0 aliphatic carbocycles. The van der Waals surface area contributed by atoms with Crippen molar-refractivity contribution in [3.8, 4) is 0 Å². The number of hydrogen-bond acceptors (Lipinski definition) is 3. The van der Waals surface area contributed by atoms with Crippen LogP contribution in [0.5, 0.6) is 0 Å². The van der Waals surface area contributed by atoms with Gasteiger partial charge in [-0.15, -0.1) is 0 Å². The van der Waals surface area contributed by atoms with E-state index in [1.807, 2.05) is 24.1 Å². The summed E-state index contributed by atoms with van der Waals surface area (Å²) < 4.78 is 5.01. The molecule has 4 heteroatoms. The Morgan fingerprint density at radius 3 is 3.05 bits per heavy atom. The lowest BCUT2D eigenvalue weighted by atomic mass is 9.93. The van der Waals surface area contributed by atoms with Crippen LogP contribution in [0.25, 0.3) is 0 Å². The van der Waals surface area contributed by atoms with E-state index in [1.165, 1.54) is 5.56 Å². The first kappa shape index (κ1) is 13.9. The van der Waals surface area contributed by atoms with E-state index >= 15 is 0 Å². The second-order valence-corrected chi connectivity index (χ2v) is 5.05. The summed E-state index contributed by atoms with van der Waals surface area (Å²) in [6.07, 6.45) is 1.71. The Kier molecular flexibility index (Phi) is 4.80. The van der Waals surface area contributed by atoms with Gasteiger partial charge >= 0.3 is 0 Å². The summed E-state index contributed by atoms with van der Waals surface area (Å²) in [4.78, 5) is 14.2. The zero-order valence-corrected chi connectivity index (χ0v) is 11.7. The molecular weight excluding hydrogens is 240 g/mol. The predicted molar refractivity (Wildman–Crippen MR) is 76.3 cm³/mol. The highest BCUT2D eigenvalue weighted by Gasteiger charge is 2.26. The number of methoxy groups -OCH3 is 1. The third-order valence-electron chi connectivity index (χ3n) is 3.59. The van der Waals surface area contributed by atoms with Gasteiger partial charge in [-0.3, -0.25) is 4.79 Å². The van der Waals surface area contributed by atoms with Crippen LogP contribution >= 0.6 is 0 Å². The summed E-state index contributed by atoms with van der Waals surface area (Å²) in [5.74, 6) is 0.264. The van der Waals surface area contributed by atoms with E-state index in [0.717, 1.165) is 31.6 Å². The molecule has 0 radical (unpaired) electrons. The van der Waals surface area contributed by atoms with Crippen LogP contribution in [0.4, 0.5) is 5.69 Å². The molecule has 0 aromatic heterocycles. The molecule has 1 heterocycles. The molecule has 0 saturated heterocycles. The van der Waals surface area contributed by atoms with Crippen LogP contribution in [-0.2, 0) is 16.0 Å². The minimum atomic E-state index is 0.0439. The van der Waals surface area contributed by atoms with Gasteiger partial charge in [-0.05, 0) is 24.5 Å². The number of rotatable bonds is 5. The molecule has 1 amide bonds. The zero-order chi connectivity index (χ0) is 13.7. The van der Waals surface area contributed by atoms with E-state index in [0.29, 0.717) is 6.61 Å². The Bertz CT molecular complexity index is 434. The molecule has 0 saturated carbocycles. The van der Waals surface area contributed by atoms with Gasteiger partial charge in [-0.1, -0.05) is 18.2 Å². The standard InChI is InChI=1S/C15H22N2O2/c1-17(8-5-9-19-2)15(18)13-10-12-6-3-4-7-14(12)16-11-13/h3-4,6-7,13,16H,5,8-11H2,1-2H3. The molecule has 1 unspecified atom stereocenters. The number of para-hydroxylation sites is 1. The van der Waals surface area contributed by atoms with E-state index in [9.17, 15) is 4.79 Å². The molecule has 2 rings (SSSR count). The second-order valence-electron chi connectivity index (χ2n) is 5.05. The fraction of sp³-hybridized carbons (Fsp3) is 0.533. The van der Waals surface area contributed by atoms with Gasteiger partial charge in [0.05, 0.1) is 5.92 Å². The quantitative estimate of drug-likeness (QED) is 0.822. The maximum atomic E-state index is 12.3. The van der Waals surface area contributed by atoms with Crippen molar-refractivity contribution in [1.29, 1.82) is 0 Å². The number of nitrogens with zero attached hydrogens (tertiary/aromatic N) is 1. The Morgan fingerprint density at radius 2 is 2.26 bits per heavy atom. The third-order valence-corrected chi connectivity index (χ3v) is 3.59. The van der Waals surface area contributed by atoms with E-state index in [-0.39, 0.29) is 11.8 Å². The summed E-state index contributed by atoms with van der Waals surface area (Å²) in [5.41, 5.74) is 2.39. The van der Waals surface area contributed by atoms with Gasteiger partial charge in [0.25, 0.3) is 0 Å². The lowest BCUT2D eigenvalue weighted by Gasteiger charge is -2.29. The molecule has 19 heavy (non-hydrogen) atoms. The van der Waals surface area contributed by atoms with Gasteiger partial charge in [0.15, 0.2) is 0 Å². The molecule has 1 aromatic carbocycles. The number of amides is 1. The summed E-state index contributed by atoms with van der Waals surface area (Å²) in [7, 11) is 3.56. The van der Waals surface area contributed by atoms with Crippen molar-refractivity contribution in [1.82, 2.24) is 4.90 Å². The first-order valence-electron chi connectivity index (χ1n) is 6.78. The number of anilines is 1. The lowest BCUT2D eigenvalue weighted by Crippen LogP contribution is -2.40.